The first kappa shape index (κ1) is 14.6. The van der Waals surface area contributed by atoms with Gasteiger partial charge >= 0.3 is 5.97 Å². The third-order valence-electron chi connectivity index (χ3n) is 2.39. The number of nitrogens with zero attached hydrogens (tertiary/aromatic N) is 1. The van der Waals surface area contributed by atoms with Crippen molar-refractivity contribution in [3.05, 3.63) is 35.4 Å². The van der Waals surface area contributed by atoms with Gasteiger partial charge in [-0.3, -0.25) is 4.79 Å². The first-order chi connectivity index (χ1) is 8.33. The van der Waals surface area contributed by atoms with E-state index in [1.165, 1.54) is 14.1 Å². The maximum atomic E-state index is 11.5. The normalized spacial score (nSPS) is 11.7. The van der Waals surface area contributed by atoms with Crippen LogP contribution in [0.15, 0.2) is 24.3 Å². The van der Waals surface area contributed by atoms with Crippen molar-refractivity contribution in [2.75, 3.05) is 14.1 Å². The van der Waals surface area contributed by atoms with E-state index >= 15 is 0 Å². The summed E-state index contributed by atoms with van der Waals surface area (Å²) in [5, 5.41) is 8.76. The molecule has 0 spiro atoms. The number of carboxylic acids is 1. The molecule has 0 atom stereocenters. The molecule has 0 saturated heterocycles. The summed E-state index contributed by atoms with van der Waals surface area (Å²) in [5.41, 5.74) is 1.26. The average molecular weight is 272 g/mol. The lowest BCUT2D eigenvalue weighted by Gasteiger charge is -2.13. The SMILES string of the molecule is CN(C)S(=O)(=O)NCc1ccccc1CC(=O)O. The zero-order chi connectivity index (χ0) is 13.8. The van der Waals surface area contributed by atoms with E-state index in [-0.39, 0.29) is 13.0 Å². The fraction of sp³-hybridized carbons (Fsp3) is 0.364. The van der Waals surface area contributed by atoms with Gasteiger partial charge < -0.3 is 5.11 Å². The fourth-order valence-corrected chi connectivity index (χ4v) is 1.96. The third kappa shape index (κ3) is 4.10. The first-order valence-corrected chi connectivity index (χ1v) is 6.72. The Hall–Kier alpha value is -1.44. The zero-order valence-electron chi connectivity index (χ0n) is 10.3. The Labute approximate surface area is 106 Å². The van der Waals surface area contributed by atoms with Gasteiger partial charge in [0, 0.05) is 20.6 Å². The number of nitrogens with one attached hydrogen (secondary N) is 1. The second-order valence-electron chi connectivity index (χ2n) is 3.95. The number of rotatable bonds is 6. The van der Waals surface area contributed by atoms with Crippen molar-refractivity contribution in [3.63, 3.8) is 0 Å². The van der Waals surface area contributed by atoms with Crippen molar-refractivity contribution in [1.82, 2.24) is 9.03 Å². The number of carboxylic acid groups (broad SMARTS) is 1. The molecule has 18 heavy (non-hydrogen) atoms. The topological polar surface area (TPSA) is 86.7 Å². The van der Waals surface area contributed by atoms with Crippen molar-refractivity contribution < 1.29 is 18.3 Å². The van der Waals surface area contributed by atoms with Gasteiger partial charge in [-0.15, -0.1) is 0 Å². The third-order valence-corrected chi connectivity index (χ3v) is 3.86. The lowest BCUT2D eigenvalue weighted by Crippen LogP contribution is -2.35. The summed E-state index contributed by atoms with van der Waals surface area (Å²) in [6.07, 6.45) is -0.125. The Morgan fingerprint density at radius 3 is 2.33 bits per heavy atom. The van der Waals surface area contributed by atoms with E-state index in [0.717, 1.165) is 4.31 Å². The molecule has 1 aromatic rings. The molecule has 0 amide bonds. The summed E-state index contributed by atoms with van der Waals surface area (Å²) in [5.74, 6) is -0.946. The molecule has 1 rings (SSSR count). The van der Waals surface area contributed by atoms with Gasteiger partial charge in [0.25, 0.3) is 10.2 Å². The second kappa shape index (κ2) is 5.94. The molecule has 0 aliphatic rings. The van der Waals surface area contributed by atoms with Crippen LogP contribution < -0.4 is 4.72 Å². The minimum atomic E-state index is -3.51. The highest BCUT2D eigenvalue weighted by atomic mass is 32.2. The monoisotopic (exact) mass is 272 g/mol. The molecule has 2 N–H and O–H groups in total. The molecule has 0 fully saturated rings. The standard InChI is InChI=1S/C11H16N2O4S/c1-13(2)18(16,17)12-8-10-6-4-3-5-9(10)7-11(14)15/h3-6,12H,7-8H2,1-2H3,(H,14,15). The van der Waals surface area contributed by atoms with E-state index in [2.05, 4.69) is 4.72 Å². The first-order valence-electron chi connectivity index (χ1n) is 5.28. The molecule has 0 aromatic heterocycles. The van der Waals surface area contributed by atoms with Crippen LogP contribution in [0.25, 0.3) is 0 Å². The zero-order valence-corrected chi connectivity index (χ0v) is 11.1. The molecule has 6 nitrogen and oxygen atoms in total. The van der Waals surface area contributed by atoms with Gasteiger partial charge in [0.05, 0.1) is 6.42 Å². The van der Waals surface area contributed by atoms with Gasteiger partial charge in [-0.2, -0.15) is 17.4 Å². The van der Waals surface area contributed by atoms with Crippen molar-refractivity contribution in [1.29, 1.82) is 0 Å². The summed E-state index contributed by atoms with van der Waals surface area (Å²) >= 11 is 0. The van der Waals surface area contributed by atoms with Crippen LogP contribution in [0.1, 0.15) is 11.1 Å². The quantitative estimate of drug-likeness (QED) is 0.775. The molecule has 100 valence electrons. The molecule has 0 radical (unpaired) electrons. The highest BCUT2D eigenvalue weighted by Crippen LogP contribution is 2.10. The predicted molar refractivity (Wildman–Crippen MR) is 67.2 cm³/mol. The lowest BCUT2D eigenvalue weighted by atomic mass is 10.1. The van der Waals surface area contributed by atoms with Gasteiger partial charge in [0.15, 0.2) is 0 Å². The van der Waals surface area contributed by atoms with Crippen LogP contribution in [0.5, 0.6) is 0 Å². The summed E-state index contributed by atoms with van der Waals surface area (Å²) < 4.78 is 26.5. The van der Waals surface area contributed by atoms with E-state index in [1.54, 1.807) is 24.3 Å². The number of benzene rings is 1. The molecule has 1 aromatic carbocycles. The molecule has 7 heteroatoms. The van der Waals surface area contributed by atoms with Crippen LogP contribution in [-0.4, -0.2) is 37.9 Å². The molecular formula is C11H16N2O4S. The van der Waals surface area contributed by atoms with Gasteiger partial charge in [0.1, 0.15) is 0 Å². The van der Waals surface area contributed by atoms with E-state index in [4.69, 9.17) is 5.11 Å². The minimum Gasteiger partial charge on any atom is -0.481 e. The highest BCUT2D eigenvalue weighted by Gasteiger charge is 2.13. The summed E-state index contributed by atoms with van der Waals surface area (Å²) in [4.78, 5) is 10.7. The highest BCUT2D eigenvalue weighted by molar-refractivity contribution is 7.87. The van der Waals surface area contributed by atoms with Crippen molar-refractivity contribution in [2.24, 2.45) is 0 Å². The maximum absolute atomic E-state index is 11.5. The molecule has 0 unspecified atom stereocenters. The van der Waals surface area contributed by atoms with Crippen LogP contribution in [0.4, 0.5) is 0 Å². The number of aliphatic carboxylic acids is 1. The molecule has 0 heterocycles. The van der Waals surface area contributed by atoms with E-state index in [9.17, 15) is 13.2 Å². The van der Waals surface area contributed by atoms with Gasteiger partial charge in [0.2, 0.25) is 0 Å². The van der Waals surface area contributed by atoms with Crippen molar-refractivity contribution in [3.8, 4) is 0 Å². The predicted octanol–water partition coefficient (Wildman–Crippen LogP) is 0.210. The summed E-state index contributed by atoms with van der Waals surface area (Å²) in [6.45, 7) is 0.0734. The molecule has 0 saturated carbocycles. The van der Waals surface area contributed by atoms with E-state index in [1.807, 2.05) is 0 Å². The Kier molecular flexibility index (Phi) is 4.83. The van der Waals surface area contributed by atoms with Crippen LogP contribution in [0, 0.1) is 0 Å². The number of hydrogen-bond donors (Lipinski definition) is 2. The van der Waals surface area contributed by atoms with E-state index < -0.39 is 16.2 Å². The van der Waals surface area contributed by atoms with Crippen LogP contribution in [0.3, 0.4) is 0 Å². The van der Waals surface area contributed by atoms with Crippen molar-refractivity contribution >= 4 is 16.2 Å². The molecule has 0 bridgehead atoms. The van der Waals surface area contributed by atoms with Gasteiger partial charge in [-0.05, 0) is 11.1 Å². The van der Waals surface area contributed by atoms with Crippen LogP contribution >= 0.6 is 0 Å². The average Bonchev–Trinajstić information content (AvgIpc) is 2.27. The Morgan fingerprint density at radius 1 is 1.28 bits per heavy atom. The Bertz CT molecular complexity index is 526. The molecular weight excluding hydrogens is 256 g/mol. The molecule has 0 aliphatic heterocycles. The maximum Gasteiger partial charge on any atom is 0.307 e. The van der Waals surface area contributed by atoms with Gasteiger partial charge in [-0.1, -0.05) is 24.3 Å². The summed E-state index contributed by atoms with van der Waals surface area (Å²) in [7, 11) is -0.661. The Morgan fingerprint density at radius 2 is 1.83 bits per heavy atom. The largest absolute Gasteiger partial charge is 0.481 e. The Balaban J connectivity index is 2.82. The van der Waals surface area contributed by atoms with Crippen LogP contribution in [-0.2, 0) is 28.0 Å². The fourth-order valence-electron chi connectivity index (χ4n) is 1.36. The summed E-state index contributed by atoms with van der Waals surface area (Å²) in [6, 6.07) is 6.84. The smallest absolute Gasteiger partial charge is 0.307 e. The van der Waals surface area contributed by atoms with Crippen LogP contribution in [0.2, 0.25) is 0 Å². The second-order valence-corrected chi connectivity index (χ2v) is 5.92. The number of carbonyl (C=O) groups is 1. The minimum absolute atomic E-state index is 0.0734. The lowest BCUT2D eigenvalue weighted by molar-refractivity contribution is -0.136. The van der Waals surface area contributed by atoms with Gasteiger partial charge in [-0.25, -0.2) is 0 Å². The number of hydrogen-bond acceptors (Lipinski definition) is 3. The van der Waals surface area contributed by atoms with Crippen molar-refractivity contribution in [2.45, 2.75) is 13.0 Å². The molecule has 0 aliphatic carbocycles. The van der Waals surface area contributed by atoms with E-state index in [0.29, 0.717) is 11.1 Å².